The van der Waals surface area contributed by atoms with Crippen LogP contribution >= 0.6 is 0 Å². The van der Waals surface area contributed by atoms with Crippen LogP contribution in [0.2, 0.25) is 0 Å². The van der Waals surface area contributed by atoms with Crippen LogP contribution in [0.3, 0.4) is 0 Å². The Morgan fingerprint density at radius 1 is 1.24 bits per heavy atom. The Morgan fingerprint density at radius 2 is 1.84 bits per heavy atom. The van der Waals surface area contributed by atoms with Crippen molar-refractivity contribution < 1.29 is 17.9 Å². The highest BCUT2D eigenvalue weighted by atomic mass is 32.2. The first-order valence-corrected chi connectivity index (χ1v) is 10.3. The van der Waals surface area contributed by atoms with Crippen molar-refractivity contribution in [2.45, 2.75) is 38.5 Å². The van der Waals surface area contributed by atoms with Crippen LogP contribution < -0.4 is 10.1 Å². The summed E-state index contributed by atoms with van der Waals surface area (Å²) in [5, 5.41) is 2.93. The van der Waals surface area contributed by atoms with Crippen molar-refractivity contribution in [2.75, 3.05) is 26.2 Å². The van der Waals surface area contributed by atoms with Crippen LogP contribution in [-0.4, -0.2) is 44.9 Å². The fourth-order valence-electron chi connectivity index (χ4n) is 2.83. The molecule has 1 amide bonds. The smallest absolute Gasteiger partial charge is 0.243 e. The molecule has 25 heavy (non-hydrogen) atoms. The Hall–Kier alpha value is -1.60. The largest absolute Gasteiger partial charge is 0.494 e. The summed E-state index contributed by atoms with van der Waals surface area (Å²) in [5.41, 5.74) is 0. The van der Waals surface area contributed by atoms with Crippen molar-refractivity contribution in [3.8, 4) is 5.75 Å². The Kier molecular flexibility index (Phi) is 6.84. The summed E-state index contributed by atoms with van der Waals surface area (Å²) in [6.07, 6.45) is 1.11. The van der Waals surface area contributed by atoms with Gasteiger partial charge in [-0.2, -0.15) is 4.31 Å². The Labute approximate surface area is 150 Å². The van der Waals surface area contributed by atoms with Crippen molar-refractivity contribution in [2.24, 2.45) is 11.8 Å². The summed E-state index contributed by atoms with van der Waals surface area (Å²) >= 11 is 0. The third-order valence-corrected chi connectivity index (χ3v) is 6.19. The molecule has 0 atom stereocenters. The van der Waals surface area contributed by atoms with Crippen LogP contribution in [0, 0.1) is 11.8 Å². The van der Waals surface area contributed by atoms with Crippen molar-refractivity contribution in [3.63, 3.8) is 0 Å². The lowest BCUT2D eigenvalue weighted by Gasteiger charge is -2.30. The number of nitrogens with zero attached hydrogens (tertiary/aromatic N) is 1. The first kappa shape index (κ1) is 19.7. The van der Waals surface area contributed by atoms with E-state index in [4.69, 9.17) is 4.74 Å². The summed E-state index contributed by atoms with van der Waals surface area (Å²) in [6, 6.07) is 6.48. The van der Waals surface area contributed by atoms with Crippen LogP contribution in [0.25, 0.3) is 0 Å². The molecule has 7 heteroatoms. The molecule has 1 aromatic carbocycles. The van der Waals surface area contributed by atoms with Gasteiger partial charge < -0.3 is 10.1 Å². The topological polar surface area (TPSA) is 75.7 Å². The first-order valence-electron chi connectivity index (χ1n) is 8.85. The number of carbonyl (C=O) groups is 1. The lowest BCUT2D eigenvalue weighted by atomic mass is 9.97. The standard InChI is InChI=1S/C18H28N2O4S/c1-4-24-16-5-7-17(8-6-16)25(22,23)20-11-9-15(10-12-20)18(21)19-13-14(2)3/h5-8,14-15H,4,9-13H2,1-3H3,(H,19,21). The van der Waals surface area contributed by atoms with Gasteiger partial charge >= 0.3 is 0 Å². The van der Waals surface area contributed by atoms with E-state index in [0.717, 1.165) is 0 Å². The molecule has 1 fully saturated rings. The number of benzene rings is 1. The molecular formula is C18H28N2O4S. The molecule has 6 nitrogen and oxygen atoms in total. The van der Waals surface area contributed by atoms with Gasteiger partial charge in [-0.05, 0) is 49.9 Å². The fourth-order valence-corrected chi connectivity index (χ4v) is 4.30. The second-order valence-corrected chi connectivity index (χ2v) is 8.66. The molecule has 1 heterocycles. The highest BCUT2D eigenvalue weighted by Gasteiger charge is 2.32. The van der Waals surface area contributed by atoms with E-state index in [-0.39, 0.29) is 16.7 Å². The van der Waals surface area contributed by atoms with E-state index >= 15 is 0 Å². The van der Waals surface area contributed by atoms with E-state index in [1.807, 2.05) is 20.8 Å². The van der Waals surface area contributed by atoms with Crippen LogP contribution in [0.1, 0.15) is 33.6 Å². The average molecular weight is 368 g/mol. The molecule has 0 bridgehead atoms. The lowest BCUT2D eigenvalue weighted by Crippen LogP contribution is -2.43. The van der Waals surface area contributed by atoms with E-state index in [1.165, 1.54) is 4.31 Å². The molecule has 140 valence electrons. The Bertz CT molecular complexity index is 663. The molecule has 0 aliphatic carbocycles. The molecule has 1 N–H and O–H groups in total. The van der Waals surface area contributed by atoms with Gasteiger partial charge in [-0.15, -0.1) is 0 Å². The SMILES string of the molecule is CCOc1ccc(S(=O)(=O)N2CCC(C(=O)NCC(C)C)CC2)cc1. The molecule has 0 unspecified atom stereocenters. The molecule has 0 saturated carbocycles. The number of rotatable bonds is 7. The van der Waals surface area contributed by atoms with Crippen molar-refractivity contribution in [1.82, 2.24) is 9.62 Å². The highest BCUT2D eigenvalue weighted by molar-refractivity contribution is 7.89. The average Bonchev–Trinajstić information content (AvgIpc) is 2.60. The zero-order valence-electron chi connectivity index (χ0n) is 15.2. The quantitative estimate of drug-likeness (QED) is 0.801. The molecule has 1 saturated heterocycles. The van der Waals surface area contributed by atoms with Crippen LogP contribution in [0.4, 0.5) is 0 Å². The monoisotopic (exact) mass is 368 g/mol. The number of ether oxygens (including phenoxy) is 1. The zero-order chi connectivity index (χ0) is 18.4. The van der Waals surface area contributed by atoms with Gasteiger partial charge in [-0.3, -0.25) is 4.79 Å². The first-order chi connectivity index (χ1) is 11.8. The summed E-state index contributed by atoms with van der Waals surface area (Å²) in [5.74, 6) is 0.989. The molecule has 1 aliphatic rings. The maximum absolute atomic E-state index is 12.7. The number of amides is 1. The molecule has 0 spiro atoms. The van der Waals surface area contributed by atoms with Crippen molar-refractivity contribution in [3.05, 3.63) is 24.3 Å². The molecule has 1 aliphatic heterocycles. The van der Waals surface area contributed by atoms with Crippen molar-refractivity contribution >= 4 is 15.9 Å². The lowest BCUT2D eigenvalue weighted by molar-refractivity contribution is -0.126. The third kappa shape index (κ3) is 5.19. The summed E-state index contributed by atoms with van der Waals surface area (Å²) in [4.78, 5) is 12.4. The minimum Gasteiger partial charge on any atom is -0.494 e. The van der Waals surface area contributed by atoms with Gasteiger partial charge in [0.2, 0.25) is 15.9 Å². The third-order valence-electron chi connectivity index (χ3n) is 4.28. The minimum absolute atomic E-state index is 0.0341. The second-order valence-electron chi connectivity index (χ2n) is 6.72. The van der Waals surface area contributed by atoms with E-state index in [1.54, 1.807) is 24.3 Å². The van der Waals surface area contributed by atoms with E-state index in [9.17, 15) is 13.2 Å². The van der Waals surface area contributed by atoms with Gasteiger partial charge in [-0.25, -0.2) is 8.42 Å². The number of hydrogen-bond donors (Lipinski definition) is 1. The minimum atomic E-state index is -3.52. The van der Waals surface area contributed by atoms with Gasteiger partial charge in [0.25, 0.3) is 0 Å². The summed E-state index contributed by atoms with van der Waals surface area (Å²) in [6.45, 7) is 7.91. The normalized spacial score (nSPS) is 16.8. The van der Waals surface area contributed by atoms with E-state index in [2.05, 4.69) is 5.32 Å². The number of sulfonamides is 1. The van der Waals surface area contributed by atoms with E-state index in [0.29, 0.717) is 50.8 Å². The molecular weight excluding hydrogens is 340 g/mol. The Balaban J connectivity index is 1.95. The number of piperidine rings is 1. The van der Waals surface area contributed by atoms with Gasteiger partial charge in [0.15, 0.2) is 0 Å². The Morgan fingerprint density at radius 3 is 2.36 bits per heavy atom. The van der Waals surface area contributed by atoms with Crippen LogP contribution in [-0.2, 0) is 14.8 Å². The molecule has 1 aromatic rings. The summed E-state index contributed by atoms with van der Waals surface area (Å²) < 4.78 is 32.3. The number of hydrogen-bond acceptors (Lipinski definition) is 4. The predicted molar refractivity (Wildman–Crippen MR) is 96.9 cm³/mol. The fraction of sp³-hybridized carbons (Fsp3) is 0.611. The number of carbonyl (C=O) groups excluding carboxylic acids is 1. The van der Waals surface area contributed by atoms with Gasteiger partial charge in [-0.1, -0.05) is 13.8 Å². The maximum Gasteiger partial charge on any atom is 0.243 e. The summed E-state index contributed by atoms with van der Waals surface area (Å²) in [7, 11) is -3.52. The van der Waals surface area contributed by atoms with Gasteiger partial charge in [0.1, 0.15) is 5.75 Å². The zero-order valence-corrected chi connectivity index (χ0v) is 16.0. The highest BCUT2D eigenvalue weighted by Crippen LogP contribution is 2.25. The second kappa shape index (κ2) is 8.67. The van der Waals surface area contributed by atoms with Crippen molar-refractivity contribution in [1.29, 1.82) is 0 Å². The molecule has 2 rings (SSSR count). The van der Waals surface area contributed by atoms with Gasteiger partial charge in [0, 0.05) is 25.6 Å². The molecule has 0 radical (unpaired) electrons. The van der Waals surface area contributed by atoms with Crippen LogP contribution in [0.15, 0.2) is 29.2 Å². The van der Waals surface area contributed by atoms with Crippen LogP contribution in [0.5, 0.6) is 5.75 Å². The van der Waals surface area contributed by atoms with E-state index < -0.39 is 10.0 Å². The number of nitrogens with one attached hydrogen (secondary N) is 1. The predicted octanol–water partition coefficient (Wildman–Crippen LogP) is 2.26. The molecule has 0 aromatic heterocycles. The van der Waals surface area contributed by atoms with Gasteiger partial charge in [0.05, 0.1) is 11.5 Å². The maximum atomic E-state index is 12.7.